The second-order valence-electron chi connectivity index (χ2n) is 3.19. The van der Waals surface area contributed by atoms with Crippen molar-refractivity contribution in [2.24, 2.45) is 0 Å². The van der Waals surface area contributed by atoms with Crippen LogP contribution in [0.4, 0.5) is 0 Å². The van der Waals surface area contributed by atoms with E-state index in [9.17, 15) is 9.90 Å². The van der Waals surface area contributed by atoms with Crippen molar-refractivity contribution < 1.29 is 14.6 Å². The number of carbonyl (C=O) groups excluding carboxylic acids is 1. The van der Waals surface area contributed by atoms with Gasteiger partial charge in [0.1, 0.15) is 0 Å². The van der Waals surface area contributed by atoms with Crippen LogP contribution in [0.5, 0.6) is 0 Å². The van der Waals surface area contributed by atoms with Gasteiger partial charge in [0.25, 0.3) is 0 Å². The first-order valence-corrected chi connectivity index (χ1v) is 5.08. The molecule has 0 aliphatic heterocycles. The molecule has 0 fully saturated rings. The number of aliphatic hydroxyl groups excluding tert-OH is 1. The van der Waals surface area contributed by atoms with Gasteiger partial charge < -0.3 is 9.84 Å². The van der Waals surface area contributed by atoms with Gasteiger partial charge in [-0.05, 0) is 12.8 Å². The number of rotatable bonds is 7. The minimum absolute atomic E-state index is 0.300. The summed E-state index contributed by atoms with van der Waals surface area (Å²) in [5.74, 6) is -0.300. The number of unbranched alkanes of at least 4 members (excludes halogenated alkanes) is 2. The summed E-state index contributed by atoms with van der Waals surface area (Å²) in [6.45, 7) is 4.00. The van der Waals surface area contributed by atoms with Crippen molar-refractivity contribution in [2.75, 3.05) is 0 Å². The SMILES string of the molecule is CCCCCC(O)OC(=O)CCC. The third-order valence-corrected chi connectivity index (χ3v) is 1.78. The van der Waals surface area contributed by atoms with E-state index in [1.54, 1.807) is 0 Å². The molecule has 3 heteroatoms. The molecule has 1 N–H and O–H groups in total. The molecule has 0 aliphatic carbocycles. The van der Waals surface area contributed by atoms with E-state index in [1.807, 2.05) is 6.92 Å². The van der Waals surface area contributed by atoms with Crippen LogP contribution in [0.15, 0.2) is 0 Å². The minimum Gasteiger partial charge on any atom is -0.436 e. The lowest BCUT2D eigenvalue weighted by atomic mass is 10.2. The normalized spacial score (nSPS) is 12.5. The molecule has 1 unspecified atom stereocenters. The van der Waals surface area contributed by atoms with Gasteiger partial charge in [-0.1, -0.05) is 26.7 Å². The zero-order valence-electron chi connectivity index (χ0n) is 8.58. The molecule has 0 aliphatic rings. The minimum atomic E-state index is -0.898. The predicted molar refractivity (Wildman–Crippen MR) is 51.1 cm³/mol. The largest absolute Gasteiger partial charge is 0.436 e. The molecule has 0 spiro atoms. The molecule has 0 bridgehead atoms. The Morgan fingerprint density at radius 1 is 1.31 bits per heavy atom. The summed E-state index contributed by atoms with van der Waals surface area (Å²) >= 11 is 0. The van der Waals surface area contributed by atoms with Gasteiger partial charge in [-0.2, -0.15) is 0 Å². The lowest BCUT2D eigenvalue weighted by molar-refractivity contribution is -0.168. The molecule has 0 amide bonds. The zero-order valence-corrected chi connectivity index (χ0v) is 8.58. The van der Waals surface area contributed by atoms with Crippen molar-refractivity contribution in [3.05, 3.63) is 0 Å². The second-order valence-corrected chi connectivity index (χ2v) is 3.19. The van der Waals surface area contributed by atoms with Gasteiger partial charge in [0.05, 0.1) is 0 Å². The van der Waals surface area contributed by atoms with Crippen molar-refractivity contribution in [2.45, 2.75) is 58.7 Å². The van der Waals surface area contributed by atoms with Crippen molar-refractivity contribution in [1.82, 2.24) is 0 Å². The Kier molecular flexibility index (Phi) is 7.69. The Hall–Kier alpha value is -0.570. The Morgan fingerprint density at radius 2 is 2.00 bits per heavy atom. The summed E-state index contributed by atoms with van der Waals surface area (Å²) in [7, 11) is 0. The molecule has 0 radical (unpaired) electrons. The third kappa shape index (κ3) is 7.78. The van der Waals surface area contributed by atoms with Crippen LogP contribution < -0.4 is 0 Å². The Labute approximate surface area is 80.1 Å². The van der Waals surface area contributed by atoms with E-state index in [0.29, 0.717) is 12.8 Å². The lowest BCUT2D eigenvalue weighted by Gasteiger charge is -2.10. The average molecular weight is 188 g/mol. The van der Waals surface area contributed by atoms with E-state index in [-0.39, 0.29) is 5.97 Å². The molecule has 0 saturated heterocycles. The molecule has 0 rings (SSSR count). The van der Waals surface area contributed by atoms with Gasteiger partial charge in [-0.15, -0.1) is 0 Å². The van der Waals surface area contributed by atoms with Crippen LogP contribution in [0.1, 0.15) is 52.4 Å². The van der Waals surface area contributed by atoms with Crippen LogP contribution in [0, 0.1) is 0 Å². The van der Waals surface area contributed by atoms with Crippen LogP contribution in [-0.4, -0.2) is 17.4 Å². The Bertz CT molecular complexity index is 134. The van der Waals surface area contributed by atoms with Crippen LogP contribution >= 0.6 is 0 Å². The summed E-state index contributed by atoms with van der Waals surface area (Å²) in [4.78, 5) is 10.9. The first-order chi connectivity index (χ1) is 6.20. The molecular weight excluding hydrogens is 168 g/mol. The quantitative estimate of drug-likeness (QED) is 0.378. The molecule has 0 aromatic carbocycles. The van der Waals surface area contributed by atoms with E-state index in [2.05, 4.69) is 6.92 Å². The summed E-state index contributed by atoms with van der Waals surface area (Å²) in [5, 5.41) is 9.23. The van der Waals surface area contributed by atoms with E-state index >= 15 is 0 Å². The molecule has 0 saturated carbocycles. The number of carbonyl (C=O) groups is 1. The standard InChI is InChI=1S/C10H20O3/c1-3-5-6-8-10(12)13-9(11)7-4-2/h10,12H,3-8H2,1-2H3. The molecule has 3 nitrogen and oxygen atoms in total. The van der Waals surface area contributed by atoms with Gasteiger partial charge >= 0.3 is 5.97 Å². The van der Waals surface area contributed by atoms with Crippen LogP contribution in [0.2, 0.25) is 0 Å². The summed E-state index contributed by atoms with van der Waals surface area (Å²) < 4.78 is 4.75. The molecule has 13 heavy (non-hydrogen) atoms. The second kappa shape index (κ2) is 8.05. The van der Waals surface area contributed by atoms with E-state index in [4.69, 9.17) is 4.74 Å². The third-order valence-electron chi connectivity index (χ3n) is 1.78. The number of esters is 1. The molecule has 0 aromatic heterocycles. The van der Waals surface area contributed by atoms with Crippen LogP contribution in [0.3, 0.4) is 0 Å². The maximum Gasteiger partial charge on any atom is 0.308 e. The molecular formula is C10H20O3. The monoisotopic (exact) mass is 188 g/mol. The summed E-state index contributed by atoms with van der Waals surface area (Å²) in [5.41, 5.74) is 0. The van der Waals surface area contributed by atoms with Crippen molar-refractivity contribution >= 4 is 5.97 Å². The Morgan fingerprint density at radius 3 is 2.54 bits per heavy atom. The lowest BCUT2D eigenvalue weighted by Crippen LogP contribution is -2.17. The van der Waals surface area contributed by atoms with Gasteiger partial charge in [0, 0.05) is 12.8 Å². The smallest absolute Gasteiger partial charge is 0.308 e. The fourth-order valence-corrected chi connectivity index (χ4v) is 1.04. The number of hydrogen-bond acceptors (Lipinski definition) is 3. The van der Waals surface area contributed by atoms with E-state index < -0.39 is 6.29 Å². The highest BCUT2D eigenvalue weighted by Gasteiger charge is 2.08. The highest BCUT2D eigenvalue weighted by Crippen LogP contribution is 2.05. The maximum absolute atomic E-state index is 10.9. The first-order valence-electron chi connectivity index (χ1n) is 5.08. The zero-order chi connectivity index (χ0) is 10.1. The van der Waals surface area contributed by atoms with Gasteiger partial charge in [0.15, 0.2) is 0 Å². The summed E-state index contributed by atoms with van der Waals surface area (Å²) in [6, 6.07) is 0. The summed E-state index contributed by atoms with van der Waals surface area (Å²) in [6.07, 6.45) is 3.91. The van der Waals surface area contributed by atoms with E-state index in [1.165, 1.54) is 0 Å². The number of hydrogen-bond donors (Lipinski definition) is 1. The van der Waals surface area contributed by atoms with Gasteiger partial charge in [-0.25, -0.2) is 0 Å². The van der Waals surface area contributed by atoms with Gasteiger partial charge in [-0.3, -0.25) is 4.79 Å². The molecule has 78 valence electrons. The number of ether oxygens (including phenoxy) is 1. The predicted octanol–water partition coefficient (Wildman–Crippen LogP) is 2.23. The maximum atomic E-state index is 10.9. The van der Waals surface area contributed by atoms with Crippen molar-refractivity contribution in [1.29, 1.82) is 0 Å². The fraction of sp³-hybridized carbons (Fsp3) is 0.900. The Balaban J connectivity index is 3.38. The van der Waals surface area contributed by atoms with Gasteiger partial charge in [0.2, 0.25) is 6.29 Å². The molecule has 1 atom stereocenters. The first kappa shape index (κ1) is 12.4. The fourth-order valence-electron chi connectivity index (χ4n) is 1.04. The van der Waals surface area contributed by atoms with Crippen molar-refractivity contribution in [3.8, 4) is 0 Å². The molecule has 0 aromatic rings. The highest BCUT2D eigenvalue weighted by atomic mass is 16.6. The van der Waals surface area contributed by atoms with Crippen LogP contribution in [-0.2, 0) is 9.53 Å². The van der Waals surface area contributed by atoms with Crippen LogP contribution in [0.25, 0.3) is 0 Å². The van der Waals surface area contributed by atoms with Crippen molar-refractivity contribution in [3.63, 3.8) is 0 Å². The number of aliphatic hydroxyl groups is 1. The highest BCUT2D eigenvalue weighted by molar-refractivity contribution is 5.69. The molecule has 0 heterocycles. The topological polar surface area (TPSA) is 46.5 Å². The average Bonchev–Trinajstić information content (AvgIpc) is 2.05. The van der Waals surface area contributed by atoms with E-state index in [0.717, 1.165) is 25.7 Å².